The van der Waals surface area contributed by atoms with Crippen LogP contribution in [0.2, 0.25) is 10.0 Å². The minimum absolute atomic E-state index is 0.655. The van der Waals surface area contributed by atoms with Gasteiger partial charge in [-0.15, -0.1) is 0 Å². The van der Waals surface area contributed by atoms with Gasteiger partial charge < -0.3 is 5.32 Å². The molecule has 1 aromatic rings. The summed E-state index contributed by atoms with van der Waals surface area (Å²) in [6.07, 6.45) is 1.28. The second kappa shape index (κ2) is 7.65. The van der Waals surface area contributed by atoms with Crippen LogP contribution in [0, 0.1) is 11.8 Å². The van der Waals surface area contributed by atoms with E-state index < -0.39 is 0 Å². The van der Waals surface area contributed by atoms with Crippen molar-refractivity contribution in [2.45, 2.75) is 26.8 Å². The lowest BCUT2D eigenvalue weighted by atomic mass is 10.1. The van der Waals surface area contributed by atoms with E-state index in [9.17, 15) is 0 Å². The third-order valence-corrected chi connectivity index (χ3v) is 4.31. The number of hydrogen-bond donors (Lipinski definition) is 1. The van der Waals surface area contributed by atoms with Crippen LogP contribution < -0.4 is 5.32 Å². The Morgan fingerprint density at radius 1 is 1.35 bits per heavy atom. The summed E-state index contributed by atoms with van der Waals surface area (Å²) in [7, 11) is 0. The van der Waals surface area contributed by atoms with Crippen molar-refractivity contribution in [2.75, 3.05) is 26.2 Å². The van der Waals surface area contributed by atoms with E-state index in [2.05, 4.69) is 24.1 Å². The number of rotatable bonds is 6. The highest BCUT2D eigenvalue weighted by Gasteiger charge is 2.19. The SMILES string of the molecule is CC(C)CN(Cc1cc(Cl)ccc1Cl)C[C@H]1CCNC1. The van der Waals surface area contributed by atoms with Gasteiger partial charge in [-0.2, -0.15) is 0 Å². The quantitative estimate of drug-likeness (QED) is 0.851. The van der Waals surface area contributed by atoms with Crippen LogP contribution in [0.4, 0.5) is 0 Å². The van der Waals surface area contributed by atoms with Gasteiger partial charge >= 0.3 is 0 Å². The normalized spacial score (nSPS) is 19.2. The molecule has 0 aromatic heterocycles. The molecule has 0 radical (unpaired) electrons. The number of nitrogens with zero attached hydrogens (tertiary/aromatic N) is 1. The van der Waals surface area contributed by atoms with Crippen molar-refractivity contribution in [3.63, 3.8) is 0 Å². The van der Waals surface area contributed by atoms with E-state index in [0.29, 0.717) is 5.92 Å². The predicted molar refractivity (Wildman–Crippen MR) is 87.6 cm³/mol. The van der Waals surface area contributed by atoms with E-state index in [-0.39, 0.29) is 0 Å². The Hall–Kier alpha value is -0.280. The smallest absolute Gasteiger partial charge is 0.0452 e. The Morgan fingerprint density at radius 2 is 2.15 bits per heavy atom. The summed E-state index contributed by atoms with van der Waals surface area (Å²) in [6.45, 7) is 9.93. The number of benzene rings is 1. The first kappa shape index (κ1) is 16.1. The first-order valence-electron chi connectivity index (χ1n) is 7.41. The summed E-state index contributed by atoms with van der Waals surface area (Å²) in [5.41, 5.74) is 1.13. The molecule has 1 aromatic carbocycles. The molecule has 0 saturated carbocycles. The average Bonchev–Trinajstić information content (AvgIpc) is 2.86. The fourth-order valence-electron chi connectivity index (χ4n) is 2.86. The van der Waals surface area contributed by atoms with Crippen LogP contribution in [0.15, 0.2) is 18.2 Å². The van der Waals surface area contributed by atoms with Crippen LogP contribution >= 0.6 is 23.2 Å². The molecule has 1 heterocycles. The Balaban J connectivity index is 2.03. The first-order valence-corrected chi connectivity index (χ1v) is 8.17. The average molecular weight is 315 g/mol. The highest BCUT2D eigenvalue weighted by molar-refractivity contribution is 6.33. The van der Waals surface area contributed by atoms with Crippen LogP contribution in [-0.2, 0) is 6.54 Å². The van der Waals surface area contributed by atoms with E-state index in [0.717, 1.165) is 54.3 Å². The molecular formula is C16H24Cl2N2. The zero-order valence-corrected chi connectivity index (χ0v) is 13.8. The molecule has 4 heteroatoms. The Labute approximate surface area is 132 Å². The summed E-state index contributed by atoms with van der Waals surface area (Å²) in [5, 5.41) is 5.01. The molecule has 0 spiro atoms. The summed E-state index contributed by atoms with van der Waals surface area (Å²) >= 11 is 12.4. The lowest BCUT2D eigenvalue weighted by Gasteiger charge is -2.27. The van der Waals surface area contributed by atoms with Gasteiger partial charge in [-0.3, -0.25) is 4.90 Å². The zero-order valence-electron chi connectivity index (χ0n) is 12.3. The Morgan fingerprint density at radius 3 is 2.80 bits per heavy atom. The molecule has 0 unspecified atom stereocenters. The zero-order chi connectivity index (χ0) is 14.5. The monoisotopic (exact) mass is 314 g/mol. The number of halogens is 2. The van der Waals surface area contributed by atoms with Crippen LogP contribution in [0.25, 0.3) is 0 Å². The minimum atomic E-state index is 0.655. The molecule has 1 aliphatic rings. The molecule has 0 bridgehead atoms. The third kappa shape index (κ3) is 4.92. The Kier molecular flexibility index (Phi) is 6.16. The van der Waals surface area contributed by atoms with Crippen LogP contribution in [0.5, 0.6) is 0 Å². The van der Waals surface area contributed by atoms with Crippen molar-refractivity contribution in [1.29, 1.82) is 0 Å². The van der Waals surface area contributed by atoms with Gasteiger partial charge in [0.1, 0.15) is 0 Å². The largest absolute Gasteiger partial charge is 0.316 e. The summed E-state index contributed by atoms with van der Waals surface area (Å²) in [5.74, 6) is 1.41. The second-order valence-corrected chi connectivity index (χ2v) is 7.03. The van der Waals surface area contributed by atoms with Gasteiger partial charge in [0.15, 0.2) is 0 Å². The van der Waals surface area contributed by atoms with Gasteiger partial charge in [0.2, 0.25) is 0 Å². The van der Waals surface area contributed by atoms with E-state index in [1.165, 1.54) is 6.42 Å². The fraction of sp³-hybridized carbons (Fsp3) is 0.625. The van der Waals surface area contributed by atoms with Crippen LogP contribution in [-0.4, -0.2) is 31.1 Å². The molecular weight excluding hydrogens is 291 g/mol. The topological polar surface area (TPSA) is 15.3 Å². The molecule has 0 amide bonds. The molecule has 1 saturated heterocycles. The van der Waals surface area contributed by atoms with Crippen molar-refractivity contribution in [3.05, 3.63) is 33.8 Å². The lowest BCUT2D eigenvalue weighted by Crippen LogP contribution is -2.33. The standard InChI is InChI=1S/C16H24Cl2N2/c1-12(2)9-20(10-13-5-6-19-8-13)11-14-7-15(17)3-4-16(14)18/h3-4,7,12-13,19H,5-6,8-11H2,1-2H3/t13-/m0/s1. The third-order valence-electron chi connectivity index (χ3n) is 3.70. The summed E-state index contributed by atoms with van der Waals surface area (Å²) < 4.78 is 0. The number of hydrogen-bond acceptors (Lipinski definition) is 2. The van der Waals surface area contributed by atoms with Gasteiger partial charge in [-0.25, -0.2) is 0 Å². The van der Waals surface area contributed by atoms with Gasteiger partial charge in [0.25, 0.3) is 0 Å². The van der Waals surface area contributed by atoms with E-state index in [1.54, 1.807) is 0 Å². The molecule has 2 rings (SSSR count). The Bertz CT molecular complexity index is 428. The van der Waals surface area contributed by atoms with Gasteiger partial charge in [-0.1, -0.05) is 37.0 Å². The van der Waals surface area contributed by atoms with Crippen molar-refractivity contribution < 1.29 is 0 Å². The highest BCUT2D eigenvalue weighted by Crippen LogP contribution is 2.23. The molecule has 1 fully saturated rings. The molecule has 1 N–H and O–H groups in total. The van der Waals surface area contributed by atoms with E-state index >= 15 is 0 Å². The minimum Gasteiger partial charge on any atom is -0.316 e. The van der Waals surface area contributed by atoms with Gasteiger partial charge in [-0.05, 0) is 55.1 Å². The highest BCUT2D eigenvalue weighted by atomic mass is 35.5. The van der Waals surface area contributed by atoms with Crippen molar-refractivity contribution in [2.24, 2.45) is 11.8 Å². The van der Waals surface area contributed by atoms with Crippen molar-refractivity contribution in [3.8, 4) is 0 Å². The second-order valence-electron chi connectivity index (χ2n) is 6.18. The van der Waals surface area contributed by atoms with Gasteiger partial charge in [0.05, 0.1) is 0 Å². The molecule has 1 aliphatic heterocycles. The lowest BCUT2D eigenvalue weighted by molar-refractivity contribution is 0.205. The van der Waals surface area contributed by atoms with Crippen LogP contribution in [0.3, 0.4) is 0 Å². The van der Waals surface area contributed by atoms with Crippen molar-refractivity contribution >= 4 is 23.2 Å². The first-order chi connectivity index (χ1) is 9.54. The molecule has 2 nitrogen and oxygen atoms in total. The maximum atomic E-state index is 6.30. The molecule has 20 heavy (non-hydrogen) atoms. The number of nitrogens with one attached hydrogen (secondary N) is 1. The van der Waals surface area contributed by atoms with Crippen LogP contribution in [0.1, 0.15) is 25.8 Å². The van der Waals surface area contributed by atoms with E-state index in [1.807, 2.05) is 18.2 Å². The maximum absolute atomic E-state index is 6.30. The predicted octanol–water partition coefficient (Wildman–Crippen LogP) is 4.06. The summed E-state index contributed by atoms with van der Waals surface area (Å²) in [4.78, 5) is 2.51. The molecule has 0 aliphatic carbocycles. The van der Waals surface area contributed by atoms with Gasteiger partial charge in [0, 0.05) is 29.7 Å². The fourth-order valence-corrected chi connectivity index (χ4v) is 3.23. The van der Waals surface area contributed by atoms with E-state index in [4.69, 9.17) is 23.2 Å². The molecule has 112 valence electrons. The molecule has 1 atom stereocenters. The van der Waals surface area contributed by atoms with Crippen molar-refractivity contribution in [1.82, 2.24) is 10.2 Å². The maximum Gasteiger partial charge on any atom is 0.0452 e. The summed E-state index contributed by atoms with van der Waals surface area (Å²) in [6, 6.07) is 5.73.